The maximum absolute atomic E-state index is 5.87. The zero-order valence-electron chi connectivity index (χ0n) is 9.43. The Morgan fingerprint density at radius 1 is 1.38 bits per heavy atom. The molecule has 0 amide bonds. The number of unbranched alkanes of at least 4 members (excludes halogenated alkanes) is 1. The smallest absolute Gasteiger partial charge is 0.0845 e. The molecule has 0 spiro atoms. The summed E-state index contributed by atoms with van der Waals surface area (Å²) < 4.78 is 0. The van der Waals surface area contributed by atoms with E-state index in [1.807, 2.05) is 29.3 Å². The first-order valence-corrected chi connectivity index (χ1v) is 6.11. The first-order valence-electron chi connectivity index (χ1n) is 5.73. The van der Waals surface area contributed by atoms with Gasteiger partial charge in [-0.3, -0.25) is 0 Å². The van der Waals surface area contributed by atoms with Gasteiger partial charge in [0.15, 0.2) is 0 Å². The molecule has 86 valence electrons. The molecule has 1 aliphatic heterocycles. The van der Waals surface area contributed by atoms with Crippen molar-refractivity contribution in [2.75, 3.05) is 11.6 Å². The second kappa shape index (κ2) is 5.30. The summed E-state index contributed by atoms with van der Waals surface area (Å²) in [6, 6.07) is 8.18. The maximum Gasteiger partial charge on any atom is 0.0845 e. The van der Waals surface area contributed by atoms with Gasteiger partial charge in [-0.25, -0.2) is 5.01 Å². The van der Waals surface area contributed by atoms with Crippen molar-refractivity contribution in [3.05, 3.63) is 29.3 Å². The van der Waals surface area contributed by atoms with Crippen molar-refractivity contribution in [3.63, 3.8) is 0 Å². The van der Waals surface area contributed by atoms with Crippen LogP contribution in [0.4, 0.5) is 5.69 Å². The summed E-state index contributed by atoms with van der Waals surface area (Å²) in [5, 5.41) is 11.1. The number of rotatable bonds is 4. The lowest BCUT2D eigenvalue weighted by molar-refractivity contribution is 0.584. The van der Waals surface area contributed by atoms with Gasteiger partial charge in [-0.2, -0.15) is 5.11 Å². The van der Waals surface area contributed by atoms with Crippen molar-refractivity contribution in [1.29, 1.82) is 0 Å². The summed E-state index contributed by atoms with van der Waals surface area (Å²) in [6.07, 6.45) is 3.58. The molecule has 4 heteroatoms. The number of halogens is 1. The quantitative estimate of drug-likeness (QED) is 0.775. The molecule has 0 aliphatic carbocycles. The fourth-order valence-corrected chi connectivity index (χ4v) is 1.98. The molecule has 1 aromatic rings. The Labute approximate surface area is 101 Å². The highest BCUT2D eigenvalue weighted by Gasteiger charge is 2.22. The van der Waals surface area contributed by atoms with Crippen molar-refractivity contribution in [3.8, 4) is 0 Å². The molecule has 0 bridgehead atoms. The van der Waals surface area contributed by atoms with Crippen LogP contribution in [0.25, 0.3) is 0 Å². The van der Waals surface area contributed by atoms with Crippen molar-refractivity contribution < 1.29 is 0 Å². The highest BCUT2D eigenvalue weighted by Crippen LogP contribution is 2.25. The summed E-state index contributed by atoms with van der Waals surface area (Å²) in [5.74, 6) is 0. The third kappa shape index (κ3) is 2.53. The van der Waals surface area contributed by atoms with E-state index in [-0.39, 0.29) is 0 Å². The van der Waals surface area contributed by atoms with Gasteiger partial charge in [-0.1, -0.05) is 36.6 Å². The van der Waals surface area contributed by atoms with Crippen LogP contribution in [-0.4, -0.2) is 12.6 Å². The molecule has 3 nitrogen and oxygen atoms in total. The molecule has 0 N–H and O–H groups in total. The third-order valence-corrected chi connectivity index (χ3v) is 3.03. The van der Waals surface area contributed by atoms with Gasteiger partial charge in [-0.15, -0.1) is 0 Å². The second-order valence-electron chi connectivity index (χ2n) is 4.03. The van der Waals surface area contributed by atoms with Crippen LogP contribution in [0.5, 0.6) is 0 Å². The van der Waals surface area contributed by atoms with E-state index >= 15 is 0 Å². The van der Waals surface area contributed by atoms with E-state index in [2.05, 4.69) is 17.3 Å². The van der Waals surface area contributed by atoms with Crippen LogP contribution in [0.15, 0.2) is 34.6 Å². The van der Waals surface area contributed by atoms with Crippen LogP contribution in [0.3, 0.4) is 0 Å². The van der Waals surface area contributed by atoms with E-state index in [0.29, 0.717) is 6.04 Å². The standard InChI is InChI=1S/C12H16ClN3/c1-2-3-4-12-9-14-15-16(12)11-7-5-10(13)6-8-11/h5-8,12H,2-4,9H2,1H3. The number of hydrogen-bond acceptors (Lipinski definition) is 3. The molecular weight excluding hydrogens is 222 g/mol. The molecule has 1 unspecified atom stereocenters. The van der Waals surface area contributed by atoms with E-state index in [0.717, 1.165) is 23.7 Å². The molecule has 1 aromatic carbocycles. The lowest BCUT2D eigenvalue weighted by atomic mass is 10.1. The fraction of sp³-hybridized carbons (Fsp3) is 0.500. The second-order valence-corrected chi connectivity index (χ2v) is 4.47. The molecule has 0 saturated carbocycles. The average molecular weight is 238 g/mol. The largest absolute Gasteiger partial charge is 0.242 e. The molecule has 1 heterocycles. The van der Waals surface area contributed by atoms with Crippen LogP contribution in [0.1, 0.15) is 26.2 Å². The summed E-state index contributed by atoms with van der Waals surface area (Å²) >= 11 is 5.87. The average Bonchev–Trinajstić information content (AvgIpc) is 2.75. The molecule has 0 fully saturated rings. The predicted octanol–water partition coefficient (Wildman–Crippen LogP) is 4.09. The fourth-order valence-electron chi connectivity index (χ4n) is 1.86. The Balaban J connectivity index is 2.07. The van der Waals surface area contributed by atoms with Gasteiger partial charge in [0, 0.05) is 5.02 Å². The SMILES string of the molecule is CCCCC1CN=NN1c1ccc(Cl)cc1. The first-order chi connectivity index (χ1) is 7.81. The van der Waals surface area contributed by atoms with Crippen molar-refractivity contribution in [2.24, 2.45) is 10.3 Å². The molecule has 0 saturated heterocycles. The lowest BCUT2D eigenvalue weighted by Gasteiger charge is -2.21. The predicted molar refractivity (Wildman–Crippen MR) is 67.0 cm³/mol. The number of benzene rings is 1. The van der Waals surface area contributed by atoms with Crippen LogP contribution in [0, 0.1) is 0 Å². The number of hydrogen-bond donors (Lipinski definition) is 0. The van der Waals surface area contributed by atoms with E-state index in [4.69, 9.17) is 11.6 Å². The minimum atomic E-state index is 0.418. The molecule has 16 heavy (non-hydrogen) atoms. The van der Waals surface area contributed by atoms with E-state index in [1.54, 1.807) is 0 Å². The zero-order valence-corrected chi connectivity index (χ0v) is 10.2. The summed E-state index contributed by atoms with van der Waals surface area (Å²) in [4.78, 5) is 0. The number of anilines is 1. The van der Waals surface area contributed by atoms with E-state index in [1.165, 1.54) is 12.8 Å². The molecule has 0 radical (unpaired) electrons. The Bertz CT molecular complexity index is 361. The molecule has 2 rings (SSSR count). The van der Waals surface area contributed by atoms with Gasteiger partial charge >= 0.3 is 0 Å². The van der Waals surface area contributed by atoms with Crippen molar-refractivity contribution >= 4 is 17.3 Å². The summed E-state index contributed by atoms with van der Waals surface area (Å²) in [7, 11) is 0. The van der Waals surface area contributed by atoms with Crippen LogP contribution < -0.4 is 5.01 Å². The van der Waals surface area contributed by atoms with Gasteiger partial charge in [0.1, 0.15) is 0 Å². The van der Waals surface area contributed by atoms with Crippen LogP contribution in [0.2, 0.25) is 5.02 Å². The molecular formula is C12H16ClN3. The highest BCUT2D eigenvalue weighted by atomic mass is 35.5. The monoisotopic (exact) mass is 237 g/mol. The van der Waals surface area contributed by atoms with Gasteiger partial charge in [0.05, 0.1) is 18.3 Å². The summed E-state index contributed by atoms with van der Waals surface area (Å²) in [6.45, 7) is 3.01. The topological polar surface area (TPSA) is 28.0 Å². The first kappa shape index (κ1) is 11.4. The van der Waals surface area contributed by atoms with Gasteiger partial charge in [0.2, 0.25) is 0 Å². The van der Waals surface area contributed by atoms with E-state index in [9.17, 15) is 0 Å². The van der Waals surface area contributed by atoms with Gasteiger partial charge < -0.3 is 0 Å². The third-order valence-electron chi connectivity index (χ3n) is 2.78. The van der Waals surface area contributed by atoms with Gasteiger partial charge in [-0.05, 0) is 30.7 Å². The van der Waals surface area contributed by atoms with Gasteiger partial charge in [0.25, 0.3) is 0 Å². The van der Waals surface area contributed by atoms with Crippen LogP contribution >= 0.6 is 11.6 Å². The molecule has 1 aliphatic rings. The molecule has 1 atom stereocenters. The number of nitrogens with zero attached hydrogens (tertiary/aromatic N) is 3. The summed E-state index contributed by atoms with van der Waals surface area (Å²) in [5.41, 5.74) is 1.08. The van der Waals surface area contributed by atoms with Crippen LogP contribution in [-0.2, 0) is 0 Å². The minimum Gasteiger partial charge on any atom is -0.242 e. The Morgan fingerprint density at radius 2 is 2.12 bits per heavy atom. The highest BCUT2D eigenvalue weighted by molar-refractivity contribution is 6.30. The van der Waals surface area contributed by atoms with E-state index < -0.39 is 0 Å². The lowest BCUT2D eigenvalue weighted by Crippen LogP contribution is -2.28. The van der Waals surface area contributed by atoms with Crippen molar-refractivity contribution in [1.82, 2.24) is 0 Å². The Morgan fingerprint density at radius 3 is 2.81 bits per heavy atom. The Hall–Kier alpha value is -1.09. The zero-order chi connectivity index (χ0) is 11.4. The van der Waals surface area contributed by atoms with Crippen molar-refractivity contribution in [2.45, 2.75) is 32.2 Å². The molecule has 0 aromatic heterocycles. The maximum atomic E-state index is 5.87. The Kier molecular flexibility index (Phi) is 3.78. The normalized spacial score (nSPS) is 19.4. The minimum absolute atomic E-state index is 0.418.